The zero-order chi connectivity index (χ0) is 10.9. The van der Waals surface area contributed by atoms with Gasteiger partial charge in [-0.2, -0.15) is 0 Å². The van der Waals surface area contributed by atoms with Crippen molar-refractivity contribution in [3.63, 3.8) is 0 Å². The first-order valence-electron chi connectivity index (χ1n) is 5.35. The van der Waals surface area contributed by atoms with Crippen molar-refractivity contribution in [1.82, 2.24) is 15.3 Å². The normalized spacial score (nSPS) is 17.3. The molecule has 4 heteroatoms. The van der Waals surface area contributed by atoms with Crippen LogP contribution in [0.25, 0.3) is 0 Å². The fourth-order valence-corrected chi connectivity index (χ4v) is 1.45. The number of hydrogen-bond acceptors (Lipinski definition) is 4. The second-order valence-electron chi connectivity index (χ2n) is 5.04. The topological polar surface area (TPSA) is 49.8 Å². The molecule has 1 aliphatic rings. The van der Waals surface area contributed by atoms with E-state index >= 15 is 0 Å². The third kappa shape index (κ3) is 2.45. The van der Waals surface area contributed by atoms with Crippen LogP contribution in [0.15, 0.2) is 12.4 Å². The molecule has 0 spiro atoms. The van der Waals surface area contributed by atoms with Gasteiger partial charge in [-0.05, 0) is 0 Å². The first-order valence-corrected chi connectivity index (χ1v) is 5.35. The maximum absolute atomic E-state index is 4.30. The molecule has 0 aromatic carbocycles. The molecule has 0 amide bonds. The van der Waals surface area contributed by atoms with E-state index < -0.39 is 0 Å². The van der Waals surface area contributed by atoms with E-state index in [0.29, 0.717) is 6.04 Å². The number of anilines is 1. The first-order chi connectivity index (χ1) is 7.05. The van der Waals surface area contributed by atoms with Crippen LogP contribution in [0.5, 0.6) is 0 Å². The Morgan fingerprint density at radius 3 is 2.60 bits per heavy atom. The Balaban J connectivity index is 2.11. The van der Waals surface area contributed by atoms with Crippen molar-refractivity contribution >= 4 is 5.82 Å². The lowest BCUT2D eigenvalue weighted by atomic mass is 9.92. The molecule has 1 aromatic heterocycles. The number of aromatic nitrogens is 2. The largest absolute Gasteiger partial charge is 0.365 e. The summed E-state index contributed by atoms with van der Waals surface area (Å²) in [5, 5.41) is 6.60. The van der Waals surface area contributed by atoms with Gasteiger partial charge in [-0.3, -0.25) is 0 Å². The van der Waals surface area contributed by atoms with Crippen molar-refractivity contribution in [3.8, 4) is 0 Å². The van der Waals surface area contributed by atoms with E-state index in [0.717, 1.165) is 24.6 Å². The van der Waals surface area contributed by atoms with E-state index in [-0.39, 0.29) is 5.41 Å². The quantitative estimate of drug-likeness (QED) is 0.762. The van der Waals surface area contributed by atoms with Crippen molar-refractivity contribution in [3.05, 3.63) is 18.1 Å². The number of rotatable bonds is 2. The molecule has 1 fully saturated rings. The van der Waals surface area contributed by atoms with Crippen molar-refractivity contribution in [1.29, 1.82) is 0 Å². The third-order valence-electron chi connectivity index (χ3n) is 2.57. The van der Waals surface area contributed by atoms with Gasteiger partial charge in [0.2, 0.25) is 0 Å². The first kappa shape index (κ1) is 10.4. The van der Waals surface area contributed by atoms with Crippen LogP contribution in [0.1, 0.15) is 26.5 Å². The Labute approximate surface area is 90.5 Å². The summed E-state index contributed by atoms with van der Waals surface area (Å²) < 4.78 is 0. The Hall–Kier alpha value is -1.16. The van der Waals surface area contributed by atoms with E-state index in [1.54, 1.807) is 6.33 Å². The second-order valence-corrected chi connectivity index (χ2v) is 5.04. The summed E-state index contributed by atoms with van der Waals surface area (Å²) in [6.45, 7) is 8.52. The standard InChI is InChI=1S/C11H18N4/c1-11(2,3)9-4-10(14-7-13-9)15-8-5-12-6-8/h4,7-8,12H,5-6H2,1-3H3,(H,13,14,15). The molecule has 0 atom stereocenters. The van der Waals surface area contributed by atoms with Crippen molar-refractivity contribution in [2.45, 2.75) is 32.2 Å². The minimum atomic E-state index is 0.0806. The average Bonchev–Trinajstić information content (AvgIpc) is 2.11. The SMILES string of the molecule is CC(C)(C)c1cc(NC2CNC2)ncn1. The molecule has 1 aliphatic heterocycles. The van der Waals surface area contributed by atoms with Crippen LogP contribution in [0.2, 0.25) is 0 Å². The highest BCUT2D eigenvalue weighted by Gasteiger charge is 2.19. The number of nitrogens with one attached hydrogen (secondary N) is 2. The van der Waals surface area contributed by atoms with E-state index in [1.165, 1.54) is 0 Å². The minimum Gasteiger partial charge on any atom is -0.365 e. The highest BCUT2D eigenvalue weighted by atomic mass is 15.1. The monoisotopic (exact) mass is 206 g/mol. The summed E-state index contributed by atoms with van der Waals surface area (Å²) in [7, 11) is 0. The van der Waals surface area contributed by atoms with Gasteiger partial charge in [0.1, 0.15) is 12.1 Å². The second kappa shape index (κ2) is 3.77. The van der Waals surface area contributed by atoms with Crippen molar-refractivity contribution < 1.29 is 0 Å². The van der Waals surface area contributed by atoms with Gasteiger partial charge >= 0.3 is 0 Å². The molecule has 0 radical (unpaired) electrons. The molecule has 1 saturated heterocycles. The van der Waals surface area contributed by atoms with Crippen LogP contribution in [0.3, 0.4) is 0 Å². The molecule has 0 bridgehead atoms. The van der Waals surface area contributed by atoms with Gasteiger partial charge < -0.3 is 10.6 Å². The Kier molecular flexibility index (Phi) is 2.61. The molecular weight excluding hydrogens is 188 g/mol. The van der Waals surface area contributed by atoms with E-state index in [2.05, 4.69) is 41.4 Å². The summed E-state index contributed by atoms with van der Waals surface area (Å²) in [5.41, 5.74) is 1.16. The van der Waals surface area contributed by atoms with Crippen molar-refractivity contribution in [2.24, 2.45) is 0 Å². The maximum atomic E-state index is 4.30. The van der Waals surface area contributed by atoms with E-state index in [9.17, 15) is 0 Å². The average molecular weight is 206 g/mol. The van der Waals surface area contributed by atoms with Gasteiger partial charge in [-0.1, -0.05) is 20.8 Å². The fourth-order valence-electron chi connectivity index (χ4n) is 1.45. The summed E-state index contributed by atoms with van der Waals surface area (Å²) in [6.07, 6.45) is 1.63. The molecule has 0 saturated carbocycles. The summed E-state index contributed by atoms with van der Waals surface area (Å²) in [5.74, 6) is 0.932. The van der Waals surface area contributed by atoms with Crippen LogP contribution in [-0.4, -0.2) is 29.1 Å². The Morgan fingerprint density at radius 1 is 1.33 bits per heavy atom. The molecule has 82 valence electrons. The lowest BCUT2D eigenvalue weighted by Gasteiger charge is -2.28. The van der Waals surface area contributed by atoms with Gasteiger partial charge in [-0.15, -0.1) is 0 Å². The highest BCUT2D eigenvalue weighted by Crippen LogP contribution is 2.21. The molecule has 2 N–H and O–H groups in total. The zero-order valence-electron chi connectivity index (χ0n) is 9.54. The molecular formula is C11H18N4. The van der Waals surface area contributed by atoms with E-state index in [4.69, 9.17) is 0 Å². The molecule has 2 rings (SSSR count). The van der Waals surface area contributed by atoms with Gasteiger partial charge in [-0.25, -0.2) is 9.97 Å². The summed E-state index contributed by atoms with van der Waals surface area (Å²) in [4.78, 5) is 8.52. The maximum Gasteiger partial charge on any atom is 0.129 e. The molecule has 4 nitrogen and oxygen atoms in total. The van der Waals surface area contributed by atoms with Crippen molar-refractivity contribution in [2.75, 3.05) is 18.4 Å². The fraction of sp³-hybridized carbons (Fsp3) is 0.636. The molecule has 0 aliphatic carbocycles. The van der Waals surface area contributed by atoms with Crippen LogP contribution in [0.4, 0.5) is 5.82 Å². The Morgan fingerprint density at radius 2 is 2.07 bits per heavy atom. The molecule has 1 aromatic rings. The van der Waals surface area contributed by atoms with Gasteiger partial charge in [0.05, 0.1) is 11.7 Å². The predicted molar refractivity (Wildman–Crippen MR) is 61.0 cm³/mol. The number of hydrogen-bond donors (Lipinski definition) is 2. The lowest BCUT2D eigenvalue weighted by molar-refractivity contribution is 0.470. The van der Waals surface area contributed by atoms with Gasteiger partial charge in [0, 0.05) is 24.6 Å². The van der Waals surface area contributed by atoms with Gasteiger partial charge in [0.15, 0.2) is 0 Å². The predicted octanol–water partition coefficient (Wildman–Crippen LogP) is 1.16. The van der Waals surface area contributed by atoms with E-state index in [1.807, 2.05) is 6.07 Å². The lowest BCUT2D eigenvalue weighted by Crippen LogP contribution is -2.51. The molecule has 15 heavy (non-hydrogen) atoms. The number of nitrogens with zero attached hydrogens (tertiary/aromatic N) is 2. The van der Waals surface area contributed by atoms with Crippen LogP contribution in [0, 0.1) is 0 Å². The summed E-state index contributed by atoms with van der Waals surface area (Å²) >= 11 is 0. The third-order valence-corrected chi connectivity index (χ3v) is 2.57. The molecule has 0 unspecified atom stereocenters. The minimum absolute atomic E-state index is 0.0806. The highest BCUT2D eigenvalue weighted by molar-refractivity contribution is 5.38. The van der Waals surface area contributed by atoms with Gasteiger partial charge in [0.25, 0.3) is 0 Å². The smallest absolute Gasteiger partial charge is 0.129 e. The van der Waals surface area contributed by atoms with Crippen LogP contribution >= 0.6 is 0 Å². The molecule has 2 heterocycles. The Bertz CT molecular complexity index is 339. The van der Waals surface area contributed by atoms with Crippen LogP contribution < -0.4 is 10.6 Å². The zero-order valence-corrected chi connectivity index (χ0v) is 9.54. The van der Waals surface area contributed by atoms with Crippen LogP contribution in [-0.2, 0) is 5.41 Å². The summed E-state index contributed by atoms with van der Waals surface area (Å²) in [6, 6.07) is 2.56.